The number of hydrogen-bond acceptors (Lipinski definition) is 5. The van der Waals surface area contributed by atoms with Crippen molar-refractivity contribution in [3.63, 3.8) is 0 Å². The van der Waals surface area contributed by atoms with Crippen LogP contribution < -0.4 is 5.32 Å². The molecule has 0 bridgehead atoms. The van der Waals surface area contributed by atoms with Crippen molar-refractivity contribution in [2.45, 2.75) is 26.8 Å². The van der Waals surface area contributed by atoms with Gasteiger partial charge in [0.1, 0.15) is 5.82 Å². The number of benzene rings is 2. The largest absolute Gasteiger partial charge is 0.464 e. The highest BCUT2D eigenvalue weighted by atomic mass is 19.1. The van der Waals surface area contributed by atoms with Gasteiger partial charge in [-0.05, 0) is 69.3 Å². The minimum atomic E-state index is -1.09. The van der Waals surface area contributed by atoms with E-state index in [1.54, 1.807) is 37.6 Å². The molecular formula is C23H21FN4O3. The molecule has 3 rings (SSSR count). The zero-order valence-electron chi connectivity index (χ0n) is 17.3. The second-order valence-corrected chi connectivity index (χ2v) is 6.82. The molecule has 0 saturated carbocycles. The van der Waals surface area contributed by atoms with E-state index in [1.807, 2.05) is 6.07 Å². The molecule has 8 heteroatoms. The van der Waals surface area contributed by atoms with Crippen LogP contribution >= 0.6 is 0 Å². The maximum Gasteiger partial charge on any atom is 0.333 e. The molecule has 31 heavy (non-hydrogen) atoms. The highest BCUT2D eigenvalue weighted by Gasteiger charge is 2.30. The average molecular weight is 420 g/mol. The molecule has 3 aromatic rings. The number of hydrogen-bond donors (Lipinski definition) is 1. The lowest BCUT2D eigenvalue weighted by Gasteiger charge is -2.18. The fourth-order valence-electron chi connectivity index (χ4n) is 3.29. The molecule has 0 spiro atoms. The quantitative estimate of drug-likeness (QED) is 0.616. The Balaban J connectivity index is 1.99. The minimum absolute atomic E-state index is 0.145. The third-order valence-electron chi connectivity index (χ3n) is 4.78. The number of halogens is 1. The number of esters is 1. The highest BCUT2D eigenvalue weighted by molar-refractivity contribution is 5.97. The van der Waals surface area contributed by atoms with Crippen LogP contribution in [0.4, 0.5) is 4.39 Å². The molecule has 1 heterocycles. The number of nitriles is 1. The van der Waals surface area contributed by atoms with E-state index in [0.29, 0.717) is 33.8 Å². The zero-order chi connectivity index (χ0) is 22.5. The van der Waals surface area contributed by atoms with Crippen LogP contribution in [0.1, 0.15) is 45.8 Å². The zero-order valence-corrected chi connectivity index (χ0v) is 17.3. The topological polar surface area (TPSA) is 97.0 Å². The van der Waals surface area contributed by atoms with Gasteiger partial charge in [0.25, 0.3) is 5.91 Å². The first-order chi connectivity index (χ1) is 14.8. The van der Waals surface area contributed by atoms with Crippen molar-refractivity contribution in [2.75, 3.05) is 6.61 Å². The summed E-state index contributed by atoms with van der Waals surface area (Å²) in [7, 11) is 0. The molecule has 1 aromatic heterocycles. The van der Waals surface area contributed by atoms with Crippen molar-refractivity contribution in [1.29, 1.82) is 5.26 Å². The summed E-state index contributed by atoms with van der Waals surface area (Å²) in [5.41, 5.74) is 2.99. The number of aryl methyl sites for hydroxylation is 1. The second kappa shape index (κ2) is 9.22. The lowest BCUT2D eigenvalue weighted by atomic mass is 10.0. The predicted octanol–water partition coefficient (Wildman–Crippen LogP) is 3.53. The number of amides is 1. The van der Waals surface area contributed by atoms with Crippen LogP contribution in [0.15, 0.2) is 48.5 Å². The van der Waals surface area contributed by atoms with Crippen molar-refractivity contribution in [3.05, 3.63) is 82.4 Å². The van der Waals surface area contributed by atoms with Gasteiger partial charge in [-0.1, -0.05) is 0 Å². The SMILES string of the molecule is CCOC(=O)C(NC(=O)c1ccc(C#N)cc1)c1c(C)nn(-c2ccc(F)cc2)c1C. The van der Waals surface area contributed by atoms with Gasteiger partial charge in [0.15, 0.2) is 6.04 Å². The molecule has 2 aromatic carbocycles. The Morgan fingerprint density at radius 1 is 1.16 bits per heavy atom. The number of aromatic nitrogens is 2. The first-order valence-electron chi connectivity index (χ1n) is 9.65. The molecule has 1 N–H and O–H groups in total. The Morgan fingerprint density at radius 3 is 2.39 bits per heavy atom. The first-order valence-corrected chi connectivity index (χ1v) is 9.65. The lowest BCUT2D eigenvalue weighted by Crippen LogP contribution is -2.35. The molecule has 1 amide bonds. The first kappa shape index (κ1) is 21.7. The smallest absolute Gasteiger partial charge is 0.333 e. The summed E-state index contributed by atoms with van der Waals surface area (Å²) in [6.45, 7) is 5.31. The number of carbonyl (C=O) groups excluding carboxylic acids is 2. The molecular weight excluding hydrogens is 399 g/mol. The summed E-state index contributed by atoms with van der Waals surface area (Å²) >= 11 is 0. The van der Waals surface area contributed by atoms with Crippen molar-refractivity contribution in [1.82, 2.24) is 15.1 Å². The summed E-state index contributed by atoms with van der Waals surface area (Å²) in [6, 6.07) is 12.8. The van der Waals surface area contributed by atoms with Crippen molar-refractivity contribution in [2.24, 2.45) is 0 Å². The van der Waals surface area contributed by atoms with Gasteiger partial charge in [-0.25, -0.2) is 13.9 Å². The molecule has 1 unspecified atom stereocenters. The summed E-state index contributed by atoms with van der Waals surface area (Å²) in [5.74, 6) is -1.48. The van der Waals surface area contributed by atoms with Gasteiger partial charge >= 0.3 is 5.97 Å². The molecule has 1 atom stereocenters. The molecule has 0 aliphatic carbocycles. The summed E-state index contributed by atoms with van der Waals surface area (Å²) < 4.78 is 20.1. The average Bonchev–Trinajstić information content (AvgIpc) is 3.06. The fraction of sp³-hybridized carbons (Fsp3) is 0.217. The Bertz CT molecular complexity index is 1150. The number of nitrogens with zero attached hydrogens (tertiary/aromatic N) is 3. The Morgan fingerprint density at radius 2 is 1.81 bits per heavy atom. The van der Waals surface area contributed by atoms with Gasteiger partial charge in [-0.2, -0.15) is 10.4 Å². The normalized spacial score (nSPS) is 11.5. The molecule has 0 aliphatic rings. The molecule has 158 valence electrons. The van der Waals surface area contributed by atoms with Gasteiger partial charge in [0.05, 0.1) is 29.6 Å². The maximum absolute atomic E-state index is 13.3. The van der Waals surface area contributed by atoms with Crippen molar-refractivity contribution < 1.29 is 18.7 Å². The van der Waals surface area contributed by atoms with E-state index in [2.05, 4.69) is 10.4 Å². The predicted molar refractivity (Wildman–Crippen MR) is 111 cm³/mol. The molecule has 0 saturated heterocycles. The van der Waals surface area contributed by atoms with Gasteiger partial charge < -0.3 is 10.1 Å². The second-order valence-electron chi connectivity index (χ2n) is 6.82. The van der Waals surface area contributed by atoms with Gasteiger partial charge in [-0.3, -0.25) is 4.79 Å². The monoisotopic (exact) mass is 420 g/mol. The molecule has 0 aliphatic heterocycles. The third-order valence-corrected chi connectivity index (χ3v) is 4.78. The Kier molecular flexibility index (Phi) is 6.46. The summed E-state index contributed by atoms with van der Waals surface area (Å²) in [5, 5.41) is 16.1. The Hall–Kier alpha value is -3.99. The minimum Gasteiger partial charge on any atom is -0.464 e. The maximum atomic E-state index is 13.3. The number of rotatable bonds is 6. The van der Waals surface area contributed by atoms with Crippen LogP contribution in [0.25, 0.3) is 5.69 Å². The van der Waals surface area contributed by atoms with E-state index in [1.165, 1.54) is 36.4 Å². The van der Waals surface area contributed by atoms with Crippen LogP contribution in [0.3, 0.4) is 0 Å². The standard InChI is InChI=1S/C23H21FN4O3/c1-4-31-23(30)21(26-22(29)17-7-5-16(13-25)6-8-17)20-14(2)27-28(15(20)3)19-11-9-18(24)10-12-19/h5-12,21H,4H2,1-3H3,(H,26,29). The van der Waals surface area contributed by atoms with Gasteiger partial charge in [0, 0.05) is 16.8 Å². The van der Waals surface area contributed by atoms with E-state index >= 15 is 0 Å². The van der Waals surface area contributed by atoms with Crippen molar-refractivity contribution >= 4 is 11.9 Å². The Labute approximate surface area is 179 Å². The van der Waals surface area contributed by atoms with Crippen LogP contribution in [-0.4, -0.2) is 28.3 Å². The van der Waals surface area contributed by atoms with E-state index in [-0.39, 0.29) is 12.4 Å². The molecule has 7 nitrogen and oxygen atoms in total. The van der Waals surface area contributed by atoms with E-state index in [4.69, 9.17) is 10.00 Å². The number of nitrogens with one attached hydrogen (secondary N) is 1. The van der Waals surface area contributed by atoms with E-state index in [0.717, 1.165) is 0 Å². The highest BCUT2D eigenvalue weighted by Crippen LogP contribution is 2.26. The van der Waals surface area contributed by atoms with E-state index < -0.39 is 17.9 Å². The van der Waals surface area contributed by atoms with Crippen LogP contribution in [0.2, 0.25) is 0 Å². The van der Waals surface area contributed by atoms with Gasteiger partial charge in [0.2, 0.25) is 0 Å². The van der Waals surface area contributed by atoms with Crippen molar-refractivity contribution in [3.8, 4) is 11.8 Å². The lowest BCUT2D eigenvalue weighted by molar-refractivity contribution is -0.145. The van der Waals surface area contributed by atoms with Crippen LogP contribution in [-0.2, 0) is 9.53 Å². The van der Waals surface area contributed by atoms with Crippen LogP contribution in [0, 0.1) is 31.0 Å². The van der Waals surface area contributed by atoms with Gasteiger partial charge in [-0.15, -0.1) is 0 Å². The third kappa shape index (κ3) is 4.61. The fourth-order valence-corrected chi connectivity index (χ4v) is 3.29. The molecule has 0 radical (unpaired) electrons. The summed E-state index contributed by atoms with van der Waals surface area (Å²) in [4.78, 5) is 25.5. The number of carbonyl (C=O) groups is 2. The summed E-state index contributed by atoms with van der Waals surface area (Å²) in [6.07, 6.45) is 0. The number of ether oxygens (including phenoxy) is 1. The van der Waals surface area contributed by atoms with Crippen LogP contribution in [0.5, 0.6) is 0 Å². The molecule has 0 fully saturated rings. The van der Waals surface area contributed by atoms with E-state index in [9.17, 15) is 14.0 Å².